The van der Waals surface area contributed by atoms with Gasteiger partial charge in [-0.2, -0.15) is 14.6 Å². The monoisotopic (exact) mass is 369 g/mol. The number of piperidine rings is 1. The van der Waals surface area contributed by atoms with Gasteiger partial charge in [0, 0.05) is 36.9 Å². The van der Waals surface area contributed by atoms with Crippen molar-refractivity contribution in [2.75, 3.05) is 29.9 Å². The fraction of sp³-hybridized carbons (Fsp3) is 0.556. The average molecular weight is 369 g/mol. The van der Waals surface area contributed by atoms with Crippen LogP contribution in [0.4, 0.5) is 16.8 Å². The summed E-state index contributed by atoms with van der Waals surface area (Å²) in [6.45, 7) is 6.42. The molecule has 0 spiro atoms. The number of fused-ring (bicyclic) bond motifs is 2. The second kappa shape index (κ2) is 7.17. The Morgan fingerprint density at radius 2 is 2.08 bits per heavy atom. The molecule has 4 heterocycles. The van der Waals surface area contributed by atoms with Crippen LogP contribution in [0.2, 0.25) is 0 Å². The highest BCUT2D eigenvalue weighted by Gasteiger charge is 2.37. The number of anilines is 3. The third kappa shape index (κ3) is 3.37. The van der Waals surface area contributed by atoms with Gasteiger partial charge in [-0.1, -0.05) is 6.42 Å². The predicted octanol–water partition coefficient (Wildman–Crippen LogP) is 2.86. The van der Waals surface area contributed by atoms with Crippen molar-refractivity contribution in [2.45, 2.75) is 45.2 Å². The van der Waals surface area contributed by atoms with E-state index in [0.717, 1.165) is 48.0 Å². The number of aromatic nitrogens is 3. The molecule has 0 saturated carbocycles. The summed E-state index contributed by atoms with van der Waals surface area (Å²) in [6, 6.07) is 5.22. The lowest BCUT2D eigenvalue weighted by molar-refractivity contribution is 0.0798. The highest BCUT2D eigenvalue weighted by molar-refractivity contribution is 7.10. The lowest BCUT2D eigenvalue weighted by Gasteiger charge is -2.49. The van der Waals surface area contributed by atoms with Gasteiger partial charge in [-0.05, 0) is 44.3 Å². The summed E-state index contributed by atoms with van der Waals surface area (Å²) in [5, 5.41) is 13.4. The Bertz CT molecular complexity index is 813. The van der Waals surface area contributed by atoms with Crippen molar-refractivity contribution in [1.29, 1.82) is 5.26 Å². The van der Waals surface area contributed by atoms with Gasteiger partial charge in [0.2, 0.25) is 5.95 Å². The molecule has 0 aromatic carbocycles. The largest absolute Gasteiger partial charge is 0.353 e. The molecule has 2 atom stereocenters. The molecule has 2 saturated heterocycles. The summed E-state index contributed by atoms with van der Waals surface area (Å²) >= 11 is 1.42. The Balaban J connectivity index is 1.56. The van der Waals surface area contributed by atoms with Gasteiger partial charge in [0.1, 0.15) is 10.8 Å². The van der Waals surface area contributed by atoms with Crippen LogP contribution >= 0.6 is 11.5 Å². The Kier molecular flexibility index (Phi) is 4.74. The molecule has 26 heavy (non-hydrogen) atoms. The molecule has 8 heteroatoms. The highest BCUT2D eigenvalue weighted by Crippen LogP contribution is 2.32. The average Bonchev–Trinajstić information content (AvgIpc) is 3.01. The zero-order valence-corrected chi connectivity index (χ0v) is 16.0. The summed E-state index contributed by atoms with van der Waals surface area (Å²) in [7, 11) is 0. The summed E-state index contributed by atoms with van der Waals surface area (Å²) < 4.78 is 4.29. The van der Waals surface area contributed by atoms with Gasteiger partial charge >= 0.3 is 0 Å². The highest BCUT2D eigenvalue weighted by atomic mass is 32.1. The first kappa shape index (κ1) is 17.2. The standard InChI is InChI=1S/C18H23N7S/c1-12-9-20-18(21-16-8-13(2)23-26-16)22-17(12)24-10-14-4-3-5-15(11-24)25(14)7-6-19/h8-9,14-15H,3-5,7,10-11H2,1-2H3,(H,20,21,22). The van der Waals surface area contributed by atoms with E-state index in [0.29, 0.717) is 24.6 Å². The summed E-state index contributed by atoms with van der Waals surface area (Å²) in [5.74, 6) is 1.61. The number of hydrogen-bond donors (Lipinski definition) is 1. The van der Waals surface area contributed by atoms with Crippen molar-refractivity contribution in [3.8, 4) is 6.07 Å². The summed E-state index contributed by atoms with van der Waals surface area (Å²) in [6.07, 6.45) is 5.45. The topological polar surface area (TPSA) is 81.0 Å². The maximum Gasteiger partial charge on any atom is 0.229 e. The third-order valence-electron chi connectivity index (χ3n) is 5.24. The van der Waals surface area contributed by atoms with Gasteiger partial charge in [-0.25, -0.2) is 4.98 Å². The fourth-order valence-corrected chi connectivity index (χ4v) is 4.71. The number of nitriles is 1. The van der Waals surface area contributed by atoms with Crippen LogP contribution in [0, 0.1) is 25.2 Å². The molecular weight excluding hydrogens is 346 g/mol. The van der Waals surface area contributed by atoms with Crippen LogP contribution in [-0.4, -0.2) is 51.0 Å². The zero-order valence-electron chi connectivity index (χ0n) is 15.1. The Morgan fingerprint density at radius 1 is 1.31 bits per heavy atom. The van der Waals surface area contributed by atoms with E-state index in [-0.39, 0.29) is 0 Å². The second-order valence-corrected chi connectivity index (χ2v) is 7.94. The van der Waals surface area contributed by atoms with E-state index in [2.05, 4.69) is 37.5 Å². The van der Waals surface area contributed by atoms with E-state index in [9.17, 15) is 0 Å². The molecule has 0 radical (unpaired) electrons. The van der Waals surface area contributed by atoms with Crippen molar-refractivity contribution >= 4 is 28.3 Å². The van der Waals surface area contributed by atoms with Gasteiger partial charge in [-0.3, -0.25) is 4.90 Å². The Labute approximate surface area is 157 Å². The lowest BCUT2D eigenvalue weighted by Crippen LogP contribution is -2.61. The van der Waals surface area contributed by atoms with Crippen molar-refractivity contribution in [3.63, 3.8) is 0 Å². The molecule has 4 rings (SSSR count). The molecule has 2 bridgehead atoms. The Morgan fingerprint density at radius 3 is 2.73 bits per heavy atom. The van der Waals surface area contributed by atoms with E-state index in [1.165, 1.54) is 18.0 Å². The number of aryl methyl sites for hydroxylation is 2. The molecule has 7 nitrogen and oxygen atoms in total. The van der Waals surface area contributed by atoms with Crippen LogP contribution < -0.4 is 10.2 Å². The first-order valence-electron chi connectivity index (χ1n) is 9.05. The minimum Gasteiger partial charge on any atom is -0.353 e. The van der Waals surface area contributed by atoms with Gasteiger partial charge < -0.3 is 10.2 Å². The van der Waals surface area contributed by atoms with Gasteiger partial charge in [0.15, 0.2) is 0 Å². The second-order valence-electron chi connectivity index (χ2n) is 7.13. The zero-order chi connectivity index (χ0) is 18.1. The molecule has 2 aromatic rings. The molecule has 2 fully saturated rings. The molecule has 2 aliphatic rings. The molecule has 2 aliphatic heterocycles. The van der Waals surface area contributed by atoms with E-state index in [1.807, 2.05) is 19.2 Å². The Hall–Kier alpha value is -2.24. The molecule has 0 amide bonds. The van der Waals surface area contributed by atoms with Gasteiger partial charge in [0.25, 0.3) is 0 Å². The molecular formula is C18H23N7S. The van der Waals surface area contributed by atoms with Crippen molar-refractivity contribution in [2.24, 2.45) is 0 Å². The minimum absolute atomic E-state index is 0.442. The molecule has 136 valence electrons. The van der Waals surface area contributed by atoms with Crippen LogP contribution in [0.5, 0.6) is 0 Å². The number of rotatable bonds is 4. The number of nitrogens with one attached hydrogen (secondary N) is 1. The first-order valence-corrected chi connectivity index (χ1v) is 9.83. The van der Waals surface area contributed by atoms with E-state index >= 15 is 0 Å². The SMILES string of the molecule is Cc1cc(Nc2ncc(C)c(N3CC4CCCC(C3)N4CC#N)n2)sn1. The predicted molar refractivity (Wildman–Crippen MR) is 103 cm³/mol. The number of hydrogen-bond acceptors (Lipinski definition) is 8. The number of piperazine rings is 1. The van der Waals surface area contributed by atoms with E-state index in [1.54, 1.807) is 0 Å². The smallest absolute Gasteiger partial charge is 0.229 e. The van der Waals surface area contributed by atoms with Crippen LogP contribution in [0.15, 0.2) is 12.3 Å². The molecule has 1 N–H and O–H groups in total. The summed E-state index contributed by atoms with van der Waals surface area (Å²) in [5.41, 5.74) is 2.08. The van der Waals surface area contributed by atoms with E-state index < -0.39 is 0 Å². The van der Waals surface area contributed by atoms with E-state index in [4.69, 9.17) is 10.2 Å². The normalized spacial score (nSPS) is 22.9. The molecule has 0 aliphatic carbocycles. The number of nitrogens with zero attached hydrogens (tertiary/aromatic N) is 6. The van der Waals surface area contributed by atoms with Crippen molar-refractivity contribution in [1.82, 2.24) is 19.2 Å². The minimum atomic E-state index is 0.442. The lowest BCUT2D eigenvalue weighted by atomic mass is 9.91. The van der Waals surface area contributed by atoms with Crippen LogP contribution in [0.25, 0.3) is 0 Å². The summed E-state index contributed by atoms with van der Waals surface area (Å²) in [4.78, 5) is 14.0. The molecule has 2 aromatic heterocycles. The van der Waals surface area contributed by atoms with Gasteiger partial charge in [-0.15, -0.1) is 0 Å². The van der Waals surface area contributed by atoms with Crippen molar-refractivity contribution in [3.05, 3.63) is 23.5 Å². The molecule has 2 unspecified atom stereocenters. The van der Waals surface area contributed by atoms with Crippen LogP contribution in [0.3, 0.4) is 0 Å². The maximum atomic E-state index is 9.14. The van der Waals surface area contributed by atoms with Crippen molar-refractivity contribution < 1.29 is 0 Å². The quantitative estimate of drug-likeness (QED) is 0.830. The fourth-order valence-electron chi connectivity index (χ4n) is 4.05. The maximum absolute atomic E-state index is 9.14. The van der Waals surface area contributed by atoms with Crippen LogP contribution in [0.1, 0.15) is 30.5 Å². The third-order valence-corrected chi connectivity index (χ3v) is 6.03. The first-order chi connectivity index (χ1) is 12.6. The van der Waals surface area contributed by atoms with Gasteiger partial charge in [0.05, 0.1) is 18.3 Å². The van der Waals surface area contributed by atoms with Crippen LogP contribution in [-0.2, 0) is 0 Å².